The molecule has 0 radical (unpaired) electrons. The minimum absolute atomic E-state index is 0.0539. The van der Waals surface area contributed by atoms with Gasteiger partial charge < -0.3 is 10.2 Å². The van der Waals surface area contributed by atoms with Gasteiger partial charge >= 0.3 is 0 Å². The highest BCUT2D eigenvalue weighted by Crippen LogP contribution is 2.24. The van der Waals surface area contributed by atoms with Crippen LogP contribution in [0.5, 0.6) is 0 Å². The van der Waals surface area contributed by atoms with Crippen LogP contribution >= 0.6 is 0 Å². The Morgan fingerprint density at radius 2 is 1.97 bits per heavy atom. The summed E-state index contributed by atoms with van der Waals surface area (Å²) < 4.78 is 16.7. The highest BCUT2D eigenvalue weighted by Gasteiger charge is 2.29. The smallest absolute Gasteiger partial charge is 0.270 e. The summed E-state index contributed by atoms with van der Waals surface area (Å²) in [6.07, 6.45) is 7.35. The molecule has 1 aromatic carbocycles. The number of piperidine rings is 1. The van der Waals surface area contributed by atoms with E-state index in [1.54, 1.807) is 21.3 Å². The lowest BCUT2D eigenvalue weighted by molar-refractivity contribution is 0.173. The molecule has 0 amide bonds. The van der Waals surface area contributed by atoms with Crippen LogP contribution in [0, 0.1) is 5.82 Å². The standard InChI is InChI=1S/C24H26FN5O2/c25-18-5-1-3-17(13-18)4-2-10-26-19-8-11-28(12-9-19)15-20-16-29-22(31)7-6-21-24(29)30(20)23(32)14-27-21/h1-7,13-14,19-20,26H,8-12,15-16H2/b4-2-. The number of halogens is 1. The SMILES string of the molecule is O=c1ccc2ncc(=O)n3c2n1CC3CN1CCC(NC/C=C\c2cccc(F)c2)CC1. The number of hydrogen-bond donors (Lipinski definition) is 1. The van der Waals surface area contributed by atoms with E-state index in [0.717, 1.165) is 44.6 Å². The topological polar surface area (TPSA) is 72.2 Å². The number of nitrogens with zero attached hydrogens (tertiary/aromatic N) is 4. The monoisotopic (exact) mass is 435 g/mol. The molecule has 3 aromatic rings. The number of benzene rings is 1. The van der Waals surface area contributed by atoms with Gasteiger partial charge in [-0.2, -0.15) is 0 Å². The molecule has 8 heteroatoms. The minimum Gasteiger partial charge on any atom is -0.310 e. The fourth-order valence-electron chi connectivity index (χ4n) is 4.82. The molecule has 1 atom stereocenters. The van der Waals surface area contributed by atoms with Crippen molar-refractivity contribution in [1.29, 1.82) is 0 Å². The van der Waals surface area contributed by atoms with E-state index in [1.807, 2.05) is 18.2 Å². The molecule has 32 heavy (non-hydrogen) atoms. The van der Waals surface area contributed by atoms with E-state index < -0.39 is 0 Å². The van der Waals surface area contributed by atoms with E-state index in [4.69, 9.17) is 0 Å². The van der Waals surface area contributed by atoms with Crippen LogP contribution < -0.4 is 16.4 Å². The second kappa shape index (κ2) is 8.80. The van der Waals surface area contributed by atoms with Crippen LogP contribution in [-0.2, 0) is 6.54 Å². The van der Waals surface area contributed by atoms with Crippen molar-refractivity contribution < 1.29 is 4.39 Å². The summed E-state index contributed by atoms with van der Waals surface area (Å²) in [6.45, 7) is 3.88. The Balaban J connectivity index is 1.15. The Hall–Kier alpha value is -3.10. The summed E-state index contributed by atoms with van der Waals surface area (Å²) in [4.78, 5) is 31.4. The molecule has 0 saturated carbocycles. The maximum atomic E-state index is 13.2. The average molecular weight is 436 g/mol. The molecule has 1 saturated heterocycles. The van der Waals surface area contributed by atoms with Crippen LogP contribution in [0.4, 0.5) is 4.39 Å². The predicted octanol–water partition coefficient (Wildman–Crippen LogP) is 2.02. The van der Waals surface area contributed by atoms with E-state index in [9.17, 15) is 14.0 Å². The maximum absolute atomic E-state index is 13.2. The van der Waals surface area contributed by atoms with Gasteiger partial charge in [0.25, 0.3) is 11.1 Å². The normalized spacial score (nSPS) is 19.3. The molecule has 5 rings (SSSR count). The Bertz CT molecular complexity index is 1270. The molecule has 2 aliphatic rings. The Labute approximate surface area is 184 Å². The van der Waals surface area contributed by atoms with Crippen molar-refractivity contribution >= 4 is 17.2 Å². The fourth-order valence-corrected chi connectivity index (χ4v) is 4.82. The Kier molecular flexibility index (Phi) is 5.71. The first-order valence-electron chi connectivity index (χ1n) is 11.1. The largest absolute Gasteiger partial charge is 0.310 e. The summed E-state index contributed by atoms with van der Waals surface area (Å²) in [7, 11) is 0. The van der Waals surface area contributed by atoms with Gasteiger partial charge in [-0.15, -0.1) is 0 Å². The molecule has 0 spiro atoms. The third-order valence-corrected chi connectivity index (χ3v) is 6.41. The van der Waals surface area contributed by atoms with E-state index >= 15 is 0 Å². The lowest BCUT2D eigenvalue weighted by Crippen LogP contribution is -2.44. The quantitative estimate of drug-likeness (QED) is 0.642. The van der Waals surface area contributed by atoms with Crippen LogP contribution in [0.15, 0.2) is 58.3 Å². The molecule has 2 aromatic heterocycles. The predicted molar refractivity (Wildman–Crippen MR) is 122 cm³/mol. The lowest BCUT2D eigenvalue weighted by atomic mass is 10.0. The maximum Gasteiger partial charge on any atom is 0.270 e. The van der Waals surface area contributed by atoms with E-state index in [0.29, 0.717) is 23.8 Å². The van der Waals surface area contributed by atoms with Gasteiger partial charge in [0.1, 0.15) is 17.0 Å². The van der Waals surface area contributed by atoms with Gasteiger partial charge in [-0.05, 0) is 49.7 Å². The van der Waals surface area contributed by atoms with Crippen LogP contribution in [-0.4, -0.2) is 51.2 Å². The number of pyridine rings is 1. The minimum atomic E-state index is -0.225. The summed E-state index contributed by atoms with van der Waals surface area (Å²) in [5.74, 6) is -0.225. The summed E-state index contributed by atoms with van der Waals surface area (Å²) >= 11 is 0. The zero-order valence-corrected chi connectivity index (χ0v) is 17.8. The molecule has 1 N–H and O–H groups in total. The number of aromatic nitrogens is 3. The van der Waals surface area contributed by atoms with Crippen LogP contribution in [0.3, 0.4) is 0 Å². The molecule has 7 nitrogen and oxygen atoms in total. The highest BCUT2D eigenvalue weighted by molar-refractivity contribution is 5.71. The van der Waals surface area contributed by atoms with Crippen molar-refractivity contribution in [3.05, 3.63) is 80.8 Å². The van der Waals surface area contributed by atoms with E-state index in [-0.39, 0.29) is 23.0 Å². The van der Waals surface area contributed by atoms with Crippen molar-refractivity contribution in [2.45, 2.75) is 31.5 Å². The molecule has 1 unspecified atom stereocenters. The van der Waals surface area contributed by atoms with Crippen molar-refractivity contribution in [2.24, 2.45) is 0 Å². The molecule has 4 heterocycles. The number of nitrogens with one attached hydrogen (secondary N) is 1. The summed E-state index contributed by atoms with van der Waals surface area (Å²) in [6, 6.07) is 10.1. The number of likely N-dealkylation sites (tertiary alicyclic amines) is 1. The molecule has 166 valence electrons. The highest BCUT2D eigenvalue weighted by atomic mass is 19.1. The number of rotatable bonds is 6. The van der Waals surface area contributed by atoms with E-state index in [2.05, 4.69) is 15.2 Å². The second-order valence-electron chi connectivity index (χ2n) is 8.55. The zero-order valence-electron chi connectivity index (χ0n) is 17.8. The summed E-state index contributed by atoms with van der Waals surface area (Å²) in [5, 5.41) is 3.55. The molecule has 1 fully saturated rings. The summed E-state index contributed by atoms with van der Waals surface area (Å²) in [5.41, 5.74) is 1.94. The van der Waals surface area contributed by atoms with Gasteiger partial charge in [0.05, 0.1) is 12.2 Å². The van der Waals surface area contributed by atoms with Gasteiger partial charge in [0, 0.05) is 31.7 Å². The lowest BCUT2D eigenvalue weighted by Gasteiger charge is -2.34. The van der Waals surface area contributed by atoms with Gasteiger partial charge in [-0.25, -0.2) is 9.37 Å². The van der Waals surface area contributed by atoms with Crippen molar-refractivity contribution in [3.63, 3.8) is 0 Å². The molecular weight excluding hydrogens is 409 g/mol. The second-order valence-corrected chi connectivity index (χ2v) is 8.55. The van der Waals surface area contributed by atoms with Gasteiger partial charge in [0.15, 0.2) is 0 Å². The zero-order chi connectivity index (χ0) is 22.1. The fraction of sp³-hybridized carbons (Fsp3) is 0.375. The average Bonchev–Trinajstić information content (AvgIpc) is 3.18. The van der Waals surface area contributed by atoms with Gasteiger partial charge in [-0.3, -0.25) is 18.7 Å². The van der Waals surface area contributed by atoms with Gasteiger partial charge in [-0.1, -0.05) is 24.3 Å². The third-order valence-electron chi connectivity index (χ3n) is 6.41. The first kappa shape index (κ1) is 20.8. The van der Waals surface area contributed by atoms with Crippen LogP contribution in [0.2, 0.25) is 0 Å². The first-order valence-corrected chi connectivity index (χ1v) is 11.1. The van der Waals surface area contributed by atoms with Crippen LogP contribution in [0.1, 0.15) is 24.4 Å². The van der Waals surface area contributed by atoms with Crippen LogP contribution in [0.25, 0.3) is 17.2 Å². The third kappa shape index (κ3) is 4.16. The van der Waals surface area contributed by atoms with Gasteiger partial charge in [0.2, 0.25) is 0 Å². The Morgan fingerprint density at radius 1 is 1.12 bits per heavy atom. The molecule has 2 aliphatic heterocycles. The number of hydrogen-bond acceptors (Lipinski definition) is 5. The Morgan fingerprint density at radius 3 is 2.78 bits per heavy atom. The molecular formula is C24H26FN5O2. The van der Waals surface area contributed by atoms with Crippen molar-refractivity contribution in [1.82, 2.24) is 24.3 Å². The molecule has 0 bridgehead atoms. The first-order chi connectivity index (χ1) is 15.6. The van der Waals surface area contributed by atoms with Crippen molar-refractivity contribution in [3.8, 4) is 0 Å². The van der Waals surface area contributed by atoms with Crippen molar-refractivity contribution in [2.75, 3.05) is 26.2 Å². The molecule has 0 aliphatic carbocycles. The van der Waals surface area contributed by atoms with E-state index in [1.165, 1.54) is 24.4 Å².